The average molecular weight is 212 g/mol. The van der Waals surface area contributed by atoms with Crippen molar-refractivity contribution >= 4 is 0 Å². The first-order valence-electron chi connectivity index (χ1n) is 5.11. The highest BCUT2D eigenvalue weighted by Gasteiger charge is 2.13. The fourth-order valence-electron chi connectivity index (χ4n) is 1.52. The first-order valence-corrected chi connectivity index (χ1v) is 5.11. The number of methoxy groups -OCH3 is 1. The lowest BCUT2D eigenvalue weighted by atomic mass is 10.1. The van der Waals surface area contributed by atoms with Gasteiger partial charge in [0.2, 0.25) is 0 Å². The molecule has 0 amide bonds. The van der Waals surface area contributed by atoms with Gasteiger partial charge in [0, 0.05) is 31.5 Å². The molecule has 0 saturated heterocycles. The van der Waals surface area contributed by atoms with Crippen molar-refractivity contribution in [3.05, 3.63) is 29.8 Å². The van der Waals surface area contributed by atoms with Crippen molar-refractivity contribution in [1.82, 2.24) is 10.3 Å². The lowest BCUT2D eigenvalue weighted by molar-refractivity contribution is 0.182. The van der Waals surface area contributed by atoms with E-state index in [1.165, 1.54) is 6.20 Å². The van der Waals surface area contributed by atoms with Gasteiger partial charge in [-0.05, 0) is 19.0 Å². The largest absolute Gasteiger partial charge is 0.385 e. The lowest BCUT2D eigenvalue weighted by Crippen LogP contribution is -2.23. The van der Waals surface area contributed by atoms with E-state index in [0.29, 0.717) is 12.2 Å². The summed E-state index contributed by atoms with van der Waals surface area (Å²) in [6.45, 7) is 3.41. The molecule has 0 aliphatic carbocycles. The zero-order valence-electron chi connectivity index (χ0n) is 9.16. The quantitative estimate of drug-likeness (QED) is 0.782. The number of nitrogens with zero attached hydrogens (tertiary/aromatic N) is 1. The molecule has 0 aromatic carbocycles. The number of aromatic nitrogens is 1. The Morgan fingerprint density at radius 1 is 1.60 bits per heavy atom. The highest BCUT2D eigenvalue weighted by molar-refractivity contribution is 5.17. The molecule has 1 N–H and O–H groups in total. The Hall–Kier alpha value is -1.00. The number of halogens is 1. The standard InChI is InChI=1S/C11H17FN2O/c1-3-14-11(5-7-15-2)9-4-6-13-8-10(9)12/h4,6,8,11,14H,3,5,7H2,1-2H3. The van der Waals surface area contributed by atoms with Crippen molar-refractivity contribution in [1.29, 1.82) is 0 Å². The maximum absolute atomic E-state index is 13.4. The lowest BCUT2D eigenvalue weighted by Gasteiger charge is -2.18. The molecule has 1 unspecified atom stereocenters. The van der Waals surface area contributed by atoms with E-state index >= 15 is 0 Å². The normalized spacial score (nSPS) is 12.7. The summed E-state index contributed by atoms with van der Waals surface area (Å²) in [6.07, 6.45) is 3.60. The third-order valence-electron chi connectivity index (χ3n) is 2.24. The van der Waals surface area contributed by atoms with Crippen LogP contribution in [0.5, 0.6) is 0 Å². The summed E-state index contributed by atoms with van der Waals surface area (Å²) in [5.74, 6) is -0.264. The fraction of sp³-hybridized carbons (Fsp3) is 0.545. The van der Waals surface area contributed by atoms with Crippen LogP contribution in [0.1, 0.15) is 24.9 Å². The molecule has 3 nitrogen and oxygen atoms in total. The highest BCUT2D eigenvalue weighted by atomic mass is 19.1. The maximum Gasteiger partial charge on any atom is 0.146 e. The second-order valence-electron chi connectivity index (χ2n) is 3.29. The first kappa shape index (κ1) is 12.1. The predicted molar refractivity (Wildman–Crippen MR) is 57.1 cm³/mol. The van der Waals surface area contributed by atoms with Crippen molar-refractivity contribution in [2.45, 2.75) is 19.4 Å². The van der Waals surface area contributed by atoms with E-state index < -0.39 is 0 Å². The molecule has 0 saturated carbocycles. The summed E-state index contributed by atoms with van der Waals surface area (Å²) in [5, 5.41) is 3.23. The Balaban J connectivity index is 2.74. The van der Waals surface area contributed by atoms with Gasteiger partial charge < -0.3 is 10.1 Å². The van der Waals surface area contributed by atoms with Gasteiger partial charge in [-0.1, -0.05) is 6.92 Å². The van der Waals surface area contributed by atoms with Crippen molar-refractivity contribution in [3.63, 3.8) is 0 Å². The molecule has 0 aliphatic heterocycles. The molecule has 0 radical (unpaired) electrons. The summed E-state index contributed by atoms with van der Waals surface area (Å²) in [4.78, 5) is 3.73. The van der Waals surface area contributed by atoms with E-state index in [2.05, 4.69) is 10.3 Å². The zero-order chi connectivity index (χ0) is 11.1. The van der Waals surface area contributed by atoms with E-state index in [9.17, 15) is 4.39 Å². The Morgan fingerprint density at radius 3 is 3.00 bits per heavy atom. The van der Waals surface area contributed by atoms with Gasteiger partial charge in [-0.15, -0.1) is 0 Å². The molecule has 15 heavy (non-hydrogen) atoms. The van der Waals surface area contributed by atoms with Crippen LogP contribution in [-0.4, -0.2) is 25.2 Å². The average Bonchev–Trinajstić information content (AvgIpc) is 2.25. The van der Waals surface area contributed by atoms with Crippen LogP contribution in [0.3, 0.4) is 0 Å². The summed E-state index contributed by atoms with van der Waals surface area (Å²) < 4.78 is 18.4. The molecule has 0 bridgehead atoms. The van der Waals surface area contributed by atoms with Gasteiger partial charge in [-0.2, -0.15) is 0 Å². The molecule has 0 spiro atoms. The highest BCUT2D eigenvalue weighted by Crippen LogP contribution is 2.18. The minimum atomic E-state index is -0.264. The minimum absolute atomic E-state index is 0.00190. The summed E-state index contributed by atoms with van der Waals surface area (Å²) in [5.41, 5.74) is 0.656. The molecule has 1 heterocycles. The molecular weight excluding hydrogens is 195 g/mol. The van der Waals surface area contributed by atoms with Gasteiger partial charge in [0.05, 0.1) is 6.20 Å². The Labute approximate surface area is 89.7 Å². The fourth-order valence-corrected chi connectivity index (χ4v) is 1.52. The summed E-state index contributed by atoms with van der Waals surface area (Å²) in [6, 6.07) is 1.70. The SMILES string of the molecule is CCNC(CCOC)c1ccncc1F. The van der Waals surface area contributed by atoms with Crippen molar-refractivity contribution in [2.24, 2.45) is 0 Å². The van der Waals surface area contributed by atoms with E-state index in [1.54, 1.807) is 19.4 Å². The molecule has 1 aromatic heterocycles. The first-order chi connectivity index (χ1) is 7.29. The van der Waals surface area contributed by atoms with Gasteiger partial charge in [-0.3, -0.25) is 4.98 Å². The van der Waals surface area contributed by atoms with Crippen molar-refractivity contribution in [2.75, 3.05) is 20.3 Å². The van der Waals surface area contributed by atoms with E-state index in [0.717, 1.165) is 13.0 Å². The van der Waals surface area contributed by atoms with Crippen LogP contribution in [0.25, 0.3) is 0 Å². The third kappa shape index (κ3) is 3.57. The van der Waals surface area contributed by atoms with Crippen LogP contribution in [0.4, 0.5) is 4.39 Å². The van der Waals surface area contributed by atoms with Gasteiger partial charge in [0.15, 0.2) is 0 Å². The number of hydrogen-bond donors (Lipinski definition) is 1. The number of rotatable bonds is 6. The van der Waals surface area contributed by atoms with Crippen LogP contribution < -0.4 is 5.32 Å². The molecular formula is C11H17FN2O. The molecule has 1 atom stereocenters. The van der Waals surface area contributed by atoms with Crippen LogP contribution in [0.15, 0.2) is 18.5 Å². The molecule has 0 fully saturated rings. The number of hydrogen-bond acceptors (Lipinski definition) is 3. The Kier molecular flexibility index (Phi) is 5.21. The topological polar surface area (TPSA) is 34.1 Å². The number of ether oxygens (including phenoxy) is 1. The third-order valence-corrected chi connectivity index (χ3v) is 2.24. The molecule has 1 aromatic rings. The van der Waals surface area contributed by atoms with E-state index in [1.807, 2.05) is 6.92 Å². The Bertz CT molecular complexity index is 294. The van der Waals surface area contributed by atoms with Crippen LogP contribution in [-0.2, 0) is 4.74 Å². The summed E-state index contributed by atoms with van der Waals surface area (Å²) >= 11 is 0. The maximum atomic E-state index is 13.4. The molecule has 0 aliphatic rings. The van der Waals surface area contributed by atoms with Crippen LogP contribution >= 0.6 is 0 Å². The van der Waals surface area contributed by atoms with E-state index in [4.69, 9.17) is 4.74 Å². The minimum Gasteiger partial charge on any atom is -0.385 e. The molecule has 4 heteroatoms. The predicted octanol–water partition coefficient (Wildman–Crippen LogP) is 1.91. The van der Waals surface area contributed by atoms with Crippen molar-refractivity contribution in [3.8, 4) is 0 Å². The van der Waals surface area contributed by atoms with Crippen LogP contribution in [0, 0.1) is 5.82 Å². The van der Waals surface area contributed by atoms with Gasteiger partial charge in [0.25, 0.3) is 0 Å². The Morgan fingerprint density at radius 2 is 2.40 bits per heavy atom. The van der Waals surface area contributed by atoms with Crippen LogP contribution in [0.2, 0.25) is 0 Å². The molecule has 1 rings (SSSR count). The second kappa shape index (κ2) is 6.48. The van der Waals surface area contributed by atoms with Gasteiger partial charge >= 0.3 is 0 Å². The van der Waals surface area contributed by atoms with Gasteiger partial charge in [0.1, 0.15) is 5.82 Å². The second-order valence-corrected chi connectivity index (χ2v) is 3.29. The number of pyridine rings is 1. The van der Waals surface area contributed by atoms with E-state index in [-0.39, 0.29) is 11.9 Å². The van der Waals surface area contributed by atoms with Gasteiger partial charge in [-0.25, -0.2) is 4.39 Å². The number of nitrogens with one attached hydrogen (secondary N) is 1. The summed E-state index contributed by atoms with van der Waals surface area (Å²) in [7, 11) is 1.64. The molecule has 84 valence electrons. The smallest absolute Gasteiger partial charge is 0.146 e. The van der Waals surface area contributed by atoms with Crippen molar-refractivity contribution < 1.29 is 9.13 Å². The monoisotopic (exact) mass is 212 g/mol. The zero-order valence-corrected chi connectivity index (χ0v) is 9.16.